The molecule has 0 radical (unpaired) electrons. The maximum atomic E-state index is 6.18. The summed E-state index contributed by atoms with van der Waals surface area (Å²) in [6, 6.07) is 14.5. The molecule has 0 saturated heterocycles. The molecule has 0 saturated carbocycles. The Hall–Kier alpha value is -1.27. The summed E-state index contributed by atoms with van der Waals surface area (Å²) in [5.74, 6) is 0. The lowest BCUT2D eigenvalue weighted by Gasteiger charge is -2.06. The number of rotatable bonds is 1. The summed E-state index contributed by atoms with van der Waals surface area (Å²) in [5, 5.41) is 0.811. The quantitative estimate of drug-likeness (QED) is 0.652. The highest BCUT2D eigenvalue weighted by molar-refractivity contribution is 6.33. The van der Waals surface area contributed by atoms with Gasteiger partial charge in [-0.15, -0.1) is 0 Å². The molecule has 0 N–H and O–H groups in total. The van der Waals surface area contributed by atoms with Crippen LogP contribution in [0.1, 0.15) is 11.1 Å². The Labute approximate surface area is 95.5 Å². The van der Waals surface area contributed by atoms with Crippen molar-refractivity contribution in [1.29, 1.82) is 0 Å². The predicted octanol–water partition coefficient (Wildman–Crippen LogP) is 4.62. The van der Waals surface area contributed by atoms with Crippen LogP contribution in [0.2, 0.25) is 5.02 Å². The van der Waals surface area contributed by atoms with Crippen LogP contribution >= 0.6 is 11.6 Å². The van der Waals surface area contributed by atoms with Crippen LogP contribution in [0.15, 0.2) is 42.5 Å². The van der Waals surface area contributed by atoms with Gasteiger partial charge in [-0.25, -0.2) is 0 Å². The van der Waals surface area contributed by atoms with Gasteiger partial charge in [0.25, 0.3) is 0 Å². The third kappa shape index (κ3) is 2.21. The fraction of sp³-hybridized carbons (Fsp3) is 0.143. The van der Waals surface area contributed by atoms with Crippen molar-refractivity contribution in [2.24, 2.45) is 0 Å². The van der Waals surface area contributed by atoms with Crippen molar-refractivity contribution in [3.8, 4) is 11.1 Å². The Balaban J connectivity index is 2.58. The highest BCUT2D eigenvalue weighted by Crippen LogP contribution is 2.29. The fourth-order valence-electron chi connectivity index (χ4n) is 1.67. The van der Waals surface area contributed by atoms with E-state index in [2.05, 4.69) is 44.2 Å². The van der Waals surface area contributed by atoms with Crippen molar-refractivity contribution in [1.82, 2.24) is 0 Å². The molecule has 0 aliphatic heterocycles. The van der Waals surface area contributed by atoms with Crippen LogP contribution in [0.25, 0.3) is 11.1 Å². The Morgan fingerprint density at radius 3 is 2.33 bits per heavy atom. The molecule has 0 amide bonds. The molecule has 1 heteroatoms. The molecule has 0 aliphatic carbocycles. The first-order valence-electron chi connectivity index (χ1n) is 5.00. The van der Waals surface area contributed by atoms with Crippen molar-refractivity contribution in [3.63, 3.8) is 0 Å². The third-order valence-corrected chi connectivity index (χ3v) is 2.78. The lowest BCUT2D eigenvalue weighted by molar-refractivity contribution is 1.44. The summed E-state index contributed by atoms with van der Waals surface area (Å²) in [7, 11) is 0. The molecule has 0 aromatic heterocycles. The second-order valence-corrected chi connectivity index (χ2v) is 4.26. The van der Waals surface area contributed by atoms with Gasteiger partial charge in [0, 0.05) is 10.6 Å². The number of hydrogen-bond donors (Lipinski definition) is 0. The van der Waals surface area contributed by atoms with E-state index in [0.29, 0.717) is 0 Å². The van der Waals surface area contributed by atoms with E-state index in [4.69, 9.17) is 11.6 Å². The Bertz CT molecular complexity index is 486. The molecule has 76 valence electrons. The van der Waals surface area contributed by atoms with Crippen LogP contribution in [-0.4, -0.2) is 0 Å². The average Bonchev–Trinajstić information content (AvgIpc) is 2.22. The number of aryl methyl sites for hydroxylation is 2. The van der Waals surface area contributed by atoms with Crippen LogP contribution in [-0.2, 0) is 0 Å². The molecule has 0 aliphatic rings. The summed E-state index contributed by atoms with van der Waals surface area (Å²) >= 11 is 6.18. The third-order valence-electron chi connectivity index (χ3n) is 2.45. The van der Waals surface area contributed by atoms with E-state index in [1.807, 2.05) is 12.1 Å². The normalized spacial score (nSPS) is 10.3. The van der Waals surface area contributed by atoms with Crippen molar-refractivity contribution < 1.29 is 0 Å². The van der Waals surface area contributed by atoms with Crippen molar-refractivity contribution >= 4 is 11.6 Å². The first-order valence-corrected chi connectivity index (χ1v) is 5.38. The van der Waals surface area contributed by atoms with Crippen LogP contribution in [0, 0.1) is 13.8 Å². The lowest BCUT2D eigenvalue weighted by Crippen LogP contribution is -1.82. The molecule has 0 fully saturated rings. The van der Waals surface area contributed by atoms with Gasteiger partial charge in [0.05, 0.1) is 0 Å². The first kappa shape index (κ1) is 10.3. The van der Waals surface area contributed by atoms with Crippen LogP contribution in [0.5, 0.6) is 0 Å². The Kier molecular flexibility index (Phi) is 2.79. The van der Waals surface area contributed by atoms with Gasteiger partial charge in [0.1, 0.15) is 0 Å². The second kappa shape index (κ2) is 4.08. The molecule has 0 heterocycles. The second-order valence-electron chi connectivity index (χ2n) is 3.85. The maximum absolute atomic E-state index is 6.18. The number of hydrogen-bond acceptors (Lipinski definition) is 0. The fourth-order valence-corrected chi connectivity index (χ4v) is 1.90. The van der Waals surface area contributed by atoms with Gasteiger partial charge in [-0.1, -0.05) is 53.1 Å². The van der Waals surface area contributed by atoms with Crippen LogP contribution in [0.4, 0.5) is 0 Å². The largest absolute Gasteiger partial charge is 0.0837 e. The predicted molar refractivity (Wildman–Crippen MR) is 66.4 cm³/mol. The molecule has 2 aromatic rings. The number of halogens is 1. The zero-order chi connectivity index (χ0) is 10.8. The SMILES string of the molecule is Cc1cccc(-c2cc(C)ccc2Cl)c1. The van der Waals surface area contributed by atoms with Crippen LogP contribution in [0.3, 0.4) is 0 Å². The summed E-state index contributed by atoms with van der Waals surface area (Å²) in [5.41, 5.74) is 4.78. The van der Waals surface area contributed by atoms with Crippen molar-refractivity contribution in [3.05, 3.63) is 58.6 Å². The zero-order valence-electron chi connectivity index (χ0n) is 8.92. The summed E-state index contributed by atoms with van der Waals surface area (Å²) < 4.78 is 0. The highest BCUT2D eigenvalue weighted by Gasteiger charge is 2.03. The van der Waals surface area contributed by atoms with E-state index < -0.39 is 0 Å². The van der Waals surface area contributed by atoms with E-state index in [-0.39, 0.29) is 0 Å². The van der Waals surface area contributed by atoms with Crippen molar-refractivity contribution in [2.45, 2.75) is 13.8 Å². The van der Waals surface area contributed by atoms with Gasteiger partial charge >= 0.3 is 0 Å². The highest BCUT2D eigenvalue weighted by atomic mass is 35.5. The topological polar surface area (TPSA) is 0 Å². The first-order chi connectivity index (χ1) is 7.16. The Morgan fingerprint density at radius 2 is 1.60 bits per heavy atom. The maximum Gasteiger partial charge on any atom is 0.0484 e. The van der Waals surface area contributed by atoms with Gasteiger partial charge in [-0.2, -0.15) is 0 Å². The van der Waals surface area contributed by atoms with E-state index in [1.165, 1.54) is 16.7 Å². The molecule has 2 rings (SSSR count). The molecular formula is C14H13Cl. The van der Waals surface area contributed by atoms with Gasteiger partial charge in [0.2, 0.25) is 0 Å². The van der Waals surface area contributed by atoms with Gasteiger partial charge in [-0.3, -0.25) is 0 Å². The van der Waals surface area contributed by atoms with Gasteiger partial charge < -0.3 is 0 Å². The molecule has 0 spiro atoms. The van der Waals surface area contributed by atoms with Gasteiger partial charge in [-0.05, 0) is 31.5 Å². The molecule has 0 nitrogen and oxygen atoms in total. The molecule has 0 unspecified atom stereocenters. The minimum absolute atomic E-state index is 0.811. The van der Waals surface area contributed by atoms with E-state index in [1.54, 1.807) is 0 Å². The molecular weight excluding hydrogens is 204 g/mol. The van der Waals surface area contributed by atoms with Crippen LogP contribution < -0.4 is 0 Å². The summed E-state index contributed by atoms with van der Waals surface area (Å²) in [6.45, 7) is 4.17. The Morgan fingerprint density at radius 1 is 0.867 bits per heavy atom. The van der Waals surface area contributed by atoms with E-state index in [0.717, 1.165) is 10.6 Å². The molecule has 2 aromatic carbocycles. The average molecular weight is 217 g/mol. The summed E-state index contributed by atoms with van der Waals surface area (Å²) in [4.78, 5) is 0. The standard InChI is InChI=1S/C14H13Cl/c1-10-4-3-5-12(8-10)13-9-11(2)6-7-14(13)15/h3-9H,1-2H3. The molecule has 0 bridgehead atoms. The number of benzene rings is 2. The molecule has 15 heavy (non-hydrogen) atoms. The lowest BCUT2D eigenvalue weighted by atomic mass is 10.0. The minimum atomic E-state index is 0.811. The summed E-state index contributed by atoms with van der Waals surface area (Å²) in [6.07, 6.45) is 0. The van der Waals surface area contributed by atoms with E-state index >= 15 is 0 Å². The minimum Gasteiger partial charge on any atom is -0.0837 e. The zero-order valence-corrected chi connectivity index (χ0v) is 9.68. The van der Waals surface area contributed by atoms with Crippen molar-refractivity contribution in [2.75, 3.05) is 0 Å². The smallest absolute Gasteiger partial charge is 0.0484 e. The van der Waals surface area contributed by atoms with Gasteiger partial charge in [0.15, 0.2) is 0 Å². The molecule has 0 atom stereocenters. The van der Waals surface area contributed by atoms with E-state index in [9.17, 15) is 0 Å². The monoisotopic (exact) mass is 216 g/mol.